The van der Waals surface area contributed by atoms with Crippen molar-refractivity contribution in [2.24, 2.45) is 0 Å². The van der Waals surface area contributed by atoms with Crippen LogP contribution in [-0.4, -0.2) is 13.2 Å². The van der Waals surface area contributed by atoms with Crippen LogP contribution in [0.25, 0.3) is 0 Å². The van der Waals surface area contributed by atoms with Crippen LogP contribution in [0.15, 0.2) is 30.3 Å². The summed E-state index contributed by atoms with van der Waals surface area (Å²) in [5, 5.41) is 0. The molecule has 0 spiro atoms. The van der Waals surface area contributed by atoms with Crippen molar-refractivity contribution in [3.8, 4) is 0 Å². The smallest absolute Gasteiger partial charge is 1.00 e. The second kappa shape index (κ2) is 8.46. The molecule has 1 aromatic carbocycles. The van der Waals surface area contributed by atoms with Crippen molar-refractivity contribution >= 4 is 7.60 Å². The van der Waals surface area contributed by atoms with Crippen LogP contribution in [0.5, 0.6) is 0 Å². The van der Waals surface area contributed by atoms with Crippen LogP contribution in [0.4, 0.5) is 0 Å². The Bertz CT molecular complexity index is 325. The van der Waals surface area contributed by atoms with Crippen LogP contribution < -0.4 is 29.6 Å². The van der Waals surface area contributed by atoms with E-state index in [-0.39, 0.29) is 31.0 Å². The summed E-state index contributed by atoms with van der Waals surface area (Å²) >= 11 is 0. The van der Waals surface area contributed by atoms with Gasteiger partial charge in [-0.2, -0.15) is 0 Å². The van der Waals surface area contributed by atoms with Crippen molar-refractivity contribution in [2.75, 3.05) is 13.2 Å². The van der Waals surface area contributed by atoms with Crippen LogP contribution in [0.2, 0.25) is 0 Å². The maximum Gasteiger partial charge on any atom is 1.00 e. The Morgan fingerprint density at radius 3 is 2.06 bits per heavy atom. The third-order valence-electron chi connectivity index (χ3n) is 1.87. The van der Waals surface area contributed by atoms with Gasteiger partial charge < -0.3 is 10.5 Å². The van der Waals surface area contributed by atoms with Gasteiger partial charge in [0.2, 0.25) is 0 Å². The van der Waals surface area contributed by atoms with E-state index in [0.717, 1.165) is 5.56 Å². The molecule has 1 aromatic rings. The Labute approximate surface area is 121 Å². The molecule has 0 amide bonds. The van der Waals surface area contributed by atoms with Gasteiger partial charge in [0.25, 0.3) is 0 Å². The van der Waals surface area contributed by atoms with E-state index in [9.17, 15) is 4.57 Å². The van der Waals surface area contributed by atoms with Gasteiger partial charge in [-0.1, -0.05) is 30.3 Å². The molecule has 0 unspecified atom stereocenters. The predicted octanol–water partition coefficient (Wildman–Crippen LogP) is 0.569. The molecule has 0 aliphatic rings. The van der Waals surface area contributed by atoms with Crippen molar-refractivity contribution in [3.05, 3.63) is 35.9 Å². The standard InChI is InChI=1S/C11H17O3P.Na.H/c1-3-13-15(12,14-4-2)10-11-8-6-5-7-9-11;;/h5-9H,3-4,10H2,1-2H3;;/q;+1;-1. The maximum absolute atomic E-state index is 12.1. The van der Waals surface area contributed by atoms with Crippen LogP contribution in [0.1, 0.15) is 20.8 Å². The van der Waals surface area contributed by atoms with Crippen molar-refractivity contribution in [1.82, 2.24) is 0 Å². The molecule has 0 atom stereocenters. The van der Waals surface area contributed by atoms with Gasteiger partial charge in [-0.25, -0.2) is 0 Å². The fourth-order valence-corrected chi connectivity index (χ4v) is 3.03. The molecule has 3 nitrogen and oxygen atoms in total. The van der Waals surface area contributed by atoms with Gasteiger partial charge in [0.15, 0.2) is 0 Å². The minimum absolute atomic E-state index is 0. The largest absolute Gasteiger partial charge is 1.00 e. The number of hydrogen-bond donors (Lipinski definition) is 0. The maximum atomic E-state index is 12.1. The quantitative estimate of drug-likeness (QED) is 0.548. The first kappa shape index (κ1) is 16.4. The molecule has 5 heteroatoms. The molecule has 1 rings (SSSR count). The first-order valence-corrected chi connectivity index (χ1v) is 6.85. The minimum atomic E-state index is -2.94. The van der Waals surface area contributed by atoms with Crippen molar-refractivity contribution in [2.45, 2.75) is 20.0 Å². The monoisotopic (exact) mass is 252 g/mol. The molecule has 0 aromatic heterocycles. The van der Waals surface area contributed by atoms with Gasteiger partial charge in [0, 0.05) is 0 Å². The van der Waals surface area contributed by atoms with Gasteiger partial charge in [-0.15, -0.1) is 0 Å². The zero-order chi connectivity index (χ0) is 11.1. The molecule has 0 fully saturated rings. The van der Waals surface area contributed by atoms with Crippen molar-refractivity contribution in [3.63, 3.8) is 0 Å². The van der Waals surface area contributed by atoms with E-state index in [0.29, 0.717) is 19.4 Å². The molecule has 0 saturated heterocycles. The summed E-state index contributed by atoms with van der Waals surface area (Å²) in [5.74, 6) is 0. The molecule has 16 heavy (non-hydrogen) atoms. The summed E-state index contributed by atoms with van der Waals surface area (Å²) in [4.78, 5) is 0. The first-order valence-electron chi connectivity index (χ1n) is 5.12. The molecule has 0 heterocycles. The van der Waals surface area contributed by atoms with Gasteiger partial charge in [-0.05, 0) is 19.4 Å². The van der Waals surface area contributed by atoms with E-state index < -0.39 is 7.60 Å². The second-order valence-electron chi connectivity index (χ2n) is 3.09. The molecule has 0 radical (unpaired) electrons. The van der Waals surface area contributed by atoms with Crippen LogP contribution in [0, 0.1) is 0 Å². The topological polar surface area (TPSA) is 35.5 Å². The molecule has 0 bridgehead atoms. The summed E-state index contributed by atoms with van der Waals surface area (Å²) in [7, 11) is -2.94. The molecule has 0 N–H and O–H groups in total. The molecule has 0 aliphatic carbocycles. The van der Waals surface area contributed by atoms with E-state index in [2.05, 4.69) is 0 Å². The molecule has 0 saturated carbocycles. The number of hydrogen-bond acceptors (Lipinski definition) is 3. The van der Waals surface area contributed by atoms with E-state index in [1.165, 1.54) is 0 Å². The Balaban J connectivity index is 0. The van der Waals surface area contributed by atoms with E-state index in [4.69, 9.17) is 9.05 Å². The van der Waals surface area contributed by atoms with Crippen molar-refractivity contribution in [1.29, 1.82) is 0 Å². The summed E-state index contributed by atoms with van der Waals surface area (Å²) in [6.45, 7) is 4.45. The SMILES string of the molecule is CCOP(=O)(Cc1ccccc1)OCC.[H-].[Na+]. The van der Waals surface area contributed by atoms with Gasteiger partial charge in [-0.3, -0.25) is 4.57 Å². The van der Waals surface area contributed by atoms with Crippen LogP contribution in [-0.2, 0) is 19.8 Å². The third-order valence-corrected chi connectivity index (χ3v) is 3.93. The summed E-state index contributed by atoms with van der Waals surface area (Å²) < 4.78 is 22.6. The van der Waals surface area contributed by atoms with Gasteiger partial charge in [0.05, 0.1) is 19.4 Å². The van der Waals surface area contributed by atoms with E-state index in [1.54, 1.807) is 0 Å². The normalized spacial score (nSPS) is 10.9. The van der Waals surface area contributed by atoms with Crippen LogP contribution in [0.3, 0.4) is 0 Å². The third kappa shape index (κ3) is 5.62. The van der Waals surface area contributed by atoms with Crippen molar-refractivity contribution < 1.29 is 44.6 Å². The fourth-order valence-electron chi connectivity index (χ4n) is 1.33. The average molecular weight is 252 g/mol. The van der Waals surface area contributed by atoms with E-state index in [1.807, 2.05) is 44.2 Å². The number of benzene rings is 1. The minimum Gasteiger partial charge on any atom is -1.00 e. The predicted molar refractivity (Wildman–Crippen MR) is 62.1 cm³/mol. The van der Waals surface area contributed by atoms with Crippen LogP contribution >= 0.6 is 7.60 Å². The Morgan fingerprint density at radius 2 is 1.62 bits per heavy atom. The Hall–Kier alpha value is 0.370. The van der Waals surface area contributed by atoms with Gasteiger partial charge >= 0.3 is 37.2 Å². The second-order valence-corrected chi connectivity index (χ2v) is 5.14. The zero-order valence-corrected chi connectivity index (χ0v) is 13.1. The van der Waals surface area contributed by atoms with E-state index >= 15 is 0 Å². The summed E-state index contributed by atoms with van der Waals surface area (Å²) in [6.07, 6.45) is 0.343. The zero-order valence-electron chi connectivity index (χ0n) is 11.2. The Morgan fingerprint density at radius 1 is 1.12 bits per heavy atom. The summed E-state index contributed by atoms with van der Waals surface area (Å²) in [5.41, 5.74) is 0.975. The van der Waals surface area contributed by atoms with Gasteiger partial charge in [0.1, 0.15) is 0 Å². The number of rotatable bonds is 6. The molecule has 0 aliphatic heterocycles. The molecular formula is C11H18NaO3P. The first-order chi connectivity index (χ1) is 7.20. The molecular weight excluding hydrogens is 234 g/mol. The molecule has 86 valence electrons. The fraction of sp³-hybridized carbons (Fsp3) is 0.455. The summed E-state index contributed by atoms with van der Waals surface area (Å²) in [6, 6.07) is 9.60. The average Bonchev–Trinajstić information content (AvgIpc) is 2.19. The Kier molecular flexibility index (Phi) is 8.65.